The van der Waals surface area contributed by atoms with E-state index in [4.69, 9.17) is 11.6 Å². The molecule has 9 heavy (non-hydrogen) atoms. The van der Waals surface area contributed by atoms with Crippen LogP contribution in [0.2, 0.25) is 0 Å². The average molecular weight is 145 g/mol. The minimum Gasteiger partial charge on any atom is -0.127 e. The minimum absolute atomic E-state index is 0.751. The number of hydrogen-bond acceptors (Lipinski definition) is 0. The molecule has 0 fully saturated rings. The van der Waals surface area contributed by atoms with Gasteiger partial charge in [-0.3, -0.25) is 0 Å². The van der Waals surface area contributed by atoms with Crippen molar-refractivity contribution in [3.63, 3.8) is 0 Å². The monoisotopic (exact) mass is 144 g/mol. The van der Waals surface area contributed by atoms with Crippen molar-refractivity contribution in [1.29, 1.82) is 0 Å². The zero-order valence-electron chi connectivity index (χ0n) is 5.86. The summed E-state index contributed by atoms with van der Waals surface area (Å²) in [4.78, 5) is 0. The Balaban J connectivity index is 3.15. The van der Waals surface area contributed by atoms with Crippen LogP contribution in [0.4, 0.5) is 0 Å². The summed E-state index contributed by atoms with van der Waals surface area (Å²) < 4.78 is 0. The highest BCUT2D eigenvalue weighted by molar-refractivity contribution is 6.17. The van der Waals surface area contributed by atoms with Gasteiger partial charge < -0.3 is 0 Å². The molecule has 0 rings (SSSR count). The van der Waals surface area contributed by atoms with E-state index in [1.165, 1.54) is 0 Å². The van der Waals surface area contributed by atoms with E-state index in [1.807, 2.05) is 13.0 Å². The van der Waals surface area contributed by atoms with Crippen molar-refractivity contribution in [2.45, 2.75) is 19.8 Å². The lowest BCUT2D eigenvalue weighted by atomic mass is 10.2. The topological polar surface area (TPSA) is 0 Å². The summed E-state index contributed by atoms with van der Waals surface area (Å²) in [5.74, 6) is 0.751. The van der Waals surface area contributed by atoms with E-state index in [2.05, 4.69) is 12.7 Å². The smallest absolute Gasteiger partial charge is 0.0226 e. The zero-order chi connectivity index (χ0) is 7.11. The minimum atomic E-state index is 0.751. The van der Waals surface area contributed by atoms with Crippen molar-refractivity contribution in [2.24, 2.45) is 0 Å². The number of rotatable bonds is 4. The summed E-state index contributed by atoms with van der Waals surface area (Å²) in [5, 5.41) is 0. The van der Waals surface area contributed by atoms with Gasteiger partial charge in [0.2, 0.25) is 0 Å². The molecule has 0 bridgehead atoms. The molecule has 52 valence electrons. The number of allylic oxidation sites excluding steroid dienone is 3. The number of hydrogen-bond donors (Lipinski definition) is 0. The third-order valence-corrected chi connectivity index (χ3v) is 1.17. The van der Waals surface area contributed by atoms with Gasteiger partial charge in [0.1, 0.15) is 0 Å². The fraction of sp³-hybridized carbons (Fsp3) is 0.500. The SMILES string of the molecule is C=C(C)/C=C/CCCCl. The Kier molecular flexibility index (Phi) is 5.75. The second kappa shape index (κ2) is 5.90. The predicted molar refractivity (Wildman–Crippen MR) is 43.9 cm³/mol. The normalized spacial score (nSPS) is 10.4. The lowest BCUT2D eigenvalue weighted by Crippen LogP contribution is -1.70. The van der Waals surface area contributed by atoms with Crippen molar-refractivity contribution in [3.8, 4) is 0 Å². The molecule has 0 aromatic heterocycles. The van der Waals surface area contributed by atoms with Crippen molar-refractivity contribution in [3.05, 3.63) is 24.3 Å². The van der Waals surface area contributed by atoms with Gasteiger partial charge in [-0.05, 0) is 19.8 Å². The van der Waals surface area contributed by atoms with E-state index in [0.29, 0.717) is 0 Å². The first-order chi connectivity index (χ1) is 4.27. The Morgan fingerprint density at radius 1 is 1.67 bits per heavy atom. The molecule has 0 aliphatic rings. The van der Waals surface area contributed by atoms with E-state index in [0.717, 1.165) is 24.3 Å². The Morgan fingerprint density at radius 3 is 2.78 bits per heavy atom. The van der Waals surface area contributed by atoms with Crippen molar-refractivity contribution in [2.75, 3.05) is 5.88 Å². The molecule has 0 amide bonds. The molecule has 0 heterocycles. The average Bonchev–Trinajstić information content (AvgIpc) is 1.80. The first-order valence-corrected chi connectivity index (χ1v) is 3.69. The second-order valence-corrected chi connectivity index (χ2v) is 2.46. The quantitative estimate of drug-likeness (QED) is 0.323. The first-order valence-electron chi connectivity index (χ1n) is 3.15. The molecule has 0 atom stereocenters. The van der Waals surface area contributed by atoms with Gasteiger partial charge >= 0.3 is 0 Å². The van der Waals surface area contributed by atoms with E-state index in [9.17, 15) is 0 Å². The van der Waals surface area contributed by atoms with Crippen molar-refractivity contribution in [1.82, 2.24) is 0 Å². The molecule has 0 spiro atoms. The molecule has 0 nitrogen and oxygen atoms in total. The fourth-order valence-electron chi connectivity index (χ4n) is 0.480. The maximum Gasteiger partial charge on any atom is 0.0226 e. The van der Waals surface area contributed by atoms with Crippen LogP contribution in [0, 0.1) is 0 Å². The van der Waals surface area contributed by atoms with Gasteiger partial charge in [0, 0.05) is 5.88 Å². The molecule has 0 aliphatic heterocycles. The Morgan fingerprint density at radius 2 is 2.33 bits per heavy atom. The standard InChI is InChI=1S/C8H13Cl/c1-8(2)6-4-3-5-7-9/h4,6H,1,3,5,7H2,2H3/b6-4+. The van der Waals surface area contributed by atoms with Gasteiger partial charge in [-0.15, -0.1) is 11.6 Å². The van der Waals surface area contributed by atoms with Crippen LogP contribution in [0.15, 0.2) is 24.3 Å². The Hall–Kier alpha value is -0.230. The first kappa shape index (κ1) is 8.77. The van der Waals surface area contributed by atoms with Crippen LogP contribution >= 0.6 is 11.6 Å². The summed E-state index contributed by atoms with van der Waals surface area (Å²) >= 11 is 5.46. The van der Waals surface area contributed by atoms with Gasteiger partial charge in [0.05, 0.1) is 0 Å². The molecule has 0 aliphatic carbocycles. The van der Waals surface area contributed by atoms with Crippen molar-refractivity contribution >= 4 is 11.6 Å². The number of halogens is 1. The van der Waals surface area contributed by atoms with Gasteiger partial charge in [-0.25, -0.2) is 0 Å². The molecule has 0 saturated carbocycles. The lowest BCUT2D eigenvalue weighted by molar-refractivity contribution is 0.965. The van der Waals surface area contributed by atoms with Crippen LogP contribution in [-0.2, 0) is 0 Å². The van der Waals surface area contributed by atoms with E-state index >= 15 is 0 Å². The maximum atomic E-state index is 5.46. The van der Waals surface area contributed by atoms with Crippen LogP contribution in [-0.4, -0.2) is 5.88 Å². The van der Waals surface area contributed by atoms with E-state index in [1.54, 1.807) is 0 Å². The molecular formula is C8H13Cl. The summed E-state index contributed by atoms with van der Waals surface area (Å²) in [6.07, 6.45) is 6.25. The highest BCUT2D eigenvalue weighted by Crippen LogP contribution is 1.96. The molecule has 0 saturated heterocycles. The van der Waals surface area contributed by atoms with Gasteiger partial charge in [0.25, 0.3) is 0 Å². The van der Waals surface area contributed by atoms with Crippen molar-refractivity contribution < 1.29 is 0 Å². The number of alkyl halides is 1. The summed E-state index contributed by atoms with van der Waals surface area (Å²) in [6, 6.07) is 0. The van der Waals surface area contributed by atoms with Gasteiger partial charge in [-0.2, -0.15) is 0 Å². The largest absolute Gasteiger partial charge is 0.127 e. The second-order valence-electron chi connectivity index (χ2n) is 2.08. The summed E-state index contributed by atoms with van der Waals surface area (Å²) in [6.45, 7) is 5.72. The maximum absolute atomic E-state index is 5.46. The number of unbranched alkanes of at least 4 members (excludes halogenated alkanes) is 1. The van der Waals surface area contributed by atoms with Crippen LogP contribution < -0.4 is 0 Å². The molecule has 0 radical (unpaired) electrons. The summed E-state index contributed by atoms with van der Waals surface area (Å²) in [5.41, 5.74) is 1.10. The molecular weight excluding hydrogens is 132 g/mol. The van der Waals surface area contributed by atoms with Crippen LogP contribution in [0.1, 0.15) is 19.8 Å². The Labute approximate surface area is 62.2 Å². The fourth-order valence-corrected chi connectivity index (χ4v) is 0.634. The third-order valence-electron chi connectivity index (χ3n) is 0.907. The van der Waals surface area contributed by atoms with E-state index in [-0.39, 0.29) is 0 Å². The van der Waals surface area contributed by atoms with Crippen LogP contribution in [0.25, 0.3) is 0 Å². The lowest BCUT2D eigenvalue weighted by Gasteiger charge is -1.86. The zero-order valence-corrected chi connectivity index (χ0v) is 6.62. The van der Waals surface area contributed by atoms with Crippen LogP contribution in [0.5, 0.6) is 0 Å². The third kappa shape index (κ3) is 7.77. The predicted octanol–water partition coefficient (Wildman–Crippen LogP) is 3.14. The Bertz CT molecular complexity index is 103. The molecule has 0 aromatic carbocycles. The van der Waals surface area contributed by atoms with E-state index < -0.39 is 0 Å². The molecule has 0 unspecified atom stereocenters. The highest BCUT2D eigenvalue weighted by atomic mass is 35.5. The molecule has 0 aromatic rings. The van der Waals surface area contributed by atoms with Crippen LogP contribution in [0.3, 0.4) is 0 Å². The van der Waals surface area contributed by atoms with Gasteiger partial charge in [-0.1, -0.05) is 24.3 Å². The van der Waals surface area contributed by atoms with Gasteiger partial charge in [0.15, 0.2) is 0 Å². The summed E-state index contributed by atoms with van der Waals surface area (Å²) in [7, 11) is 0. The highest BCUT2D eigenvalue weighted by Gasteiger charge is 1.78. The molecule has 1 heteroatoms. The molecule has 0 N–H and O–H groups in total.